The summed E-state index contributed by atoms with van der Waals surface area (Å²) in [6, 6.07) is 0. The minimum Gasteiger partial charge on any atom is -0.355 e. The van der Waals surface area contributed by atoms with Crippen LogP contribution < -0.4 is 5.32 Å². The van der Waals surface area contributed by atoms with Crippen LogP contribution in [0.25, 0.3) is 0 Å². The first-order valence-corrected chi connectivity index (χ1v) is 7.41. The molecule has 0 atom stereocenters. The van der Waals surface area contributed by atoms with E-state index in [1.807, 2.05) is 6.92 Å². The van der Waals surface area contributed by atoms with E-state index in [0.717, 1.165) is 12.8 Å². The number of nitrogens with one attached hydrogen (secondary N) is 1. The van der Waals surface area contributed by atoms with E-state index in [-0.39, 0.29) is 11.7 Å². The molecule has 1 saturated heterocycles. The van der Waals surface area contributed by atoms with Crippen LogP contribution in [0.15, 0.2) is 0 Å². The molecule has 1 amide bonds. The van der Waals surface area contributed by atoms with Crippen LogP contribution >= 0.6 is 0 Å². The van der Waals surface area contributed by atoms with Gasteiger partial charge in [0.25, 0.3) is 0 Å². The SMILES string of the molecule is CCCCC(=O)NCCN1CCCS1(=O)=O. The Hall–Kier alpha value is -0.620. The molecule has 1 fully saturated rings. The van der Waals surface area contributed by atoms with Gasteiger partial charge in [0, 0.05) is 26.1 Å². The number of amides is 1. The first-order valence-electron chi connectivity index (χ1n) is 5.81. The summed E-state index contributed by atoms with van der Waals surface area (Å²) < 4.78 is 24.3. The Morgan fingerprint density at radius 2 is 2.19 bits per heavy atom. The summed E-state index contributed by atoms with van der Waals surface area (Å²) in [4.78, 5) is 11.3. The lowest BCUT2D eigenvalue weighted by Gasteiger charge is -2.14. The predicted molar refractivity (Wildman–Crippen MR) is 62.5 cm³/mol. The first kappa shape index (κ1) is 13.4. The predicted octanol–water partition coefficient (Wildman–Crippen LogP) is 0.328. The zero-order valence-corrected chi connectivity index (χ0v) is 10.6. The van der Waals surface area contributed by atoms with Gasteiger partial charge in [0.2, 0.25) is 15.9 Å². The number of carbonyl (C=O) groups excluding carboxylic acids is 1. The van der Waals surface area contributed by atoms with Gasteiger partial charge >= 0.3 is 0 Å². The van der Waals surface area contributed by atoms with E-state index in [1.165, 1.54) is 4.31 Å². The van der Waals surface area contributed by atoms with Crippen molar-refractivity contribution in [2.24, 2.45) is 0 Å². The molecule has 1 heterocycles. The molecule has 6 heteroatoms. The largest absolute Gasteiger partial charge is 0.355 e. The number of hydrogen-bond donors (Lipinski definition) is 1. The van der Waals surface area contributed by atoms with Crippen LogP contribution in [0.2, 0.25) is 0 Å². The summed E-state index contributed by atoms with van der Waals surface area (Å²) in [5.41, 5.74) is 0. The highest BCUT2D eigenvalue weighted by Gasteiger charge is 2.27. The fourth-order valence-corrected chi connectivity index (χ4v) is 3.22. The van der Waals surface area contributed by atoms with Crippen LogP contribution in [-0.2, 0) is 14.8 Å². The molecule has 0 saturated carbocycles. The van der Waals surface area contributed by atoms with Crippen molar-refractivity contribution in [2.45, 2.75) is 32.6 Å². The topological polar surface area (TPSA) is 66.5 Å². The van der Waals surface area contributed by atoms with Crippen molar-refractivity contribution >= 4 is 15.9 Å². The standard InChI is InChI=1S/C10H20N2O3S/c1-2-3-5-10(13)11-6-8-12-7-4-9-16(12,14)15/h2-9H2,1H3,(H,11,13). The number of hydrogen-bond acceptors (Lipinski definition) is 3. The molecule has 0 bridgehead atoms. The van der Waals surface area contributed by atoms with Gasteiger partial charge in [0.1, 0.15) is 0 Å². The van der Waals surface area contributed by atoms with Crippen LogP contribution in [0.1, 0.15) is 32.6 Å². The molecule has 0 aromatic heterocycles. The van der Waals surface area contributed by atoms with Gasteiger partial charge < -0.3 is 5.32 Å². The van der Waals surface area contributed by atoms with E-state index >= 15 is 0 Å². The average molecular weight is 248 g/mol. The van der Waals surface area contributed by atoms with E-state index in [1.54, 1.807) is 0 Å². The lowest BCUT2D eigenvalue weighted by molar-refractivity contribution is -0.121. The minimum atomic E-state index is -3.02. The van der Waals surface area contributed by atoms with Crippen molar-refractivity contribution in [3.63, 3.8) is 0 Å². The van der Waals surface area contributed by atoms with Crippen molar-refractivity contribution in [1.82, 2.24) is 9.62 Å². The summed E-state index contributed by atoms with van der Waals surface area (Å²) in [5, 5.41) is 2.74. The van der Waals surface area contributed by atoms with Gasteiger partial charge in [-0.1, -0.05) is 13.3 Å². The second-order valence-corrected chi connectivity index (χ2v) is 6.11. The van der Waals surface area contributed by atoms with Gasteiger partial charge in [-0.25, -0.2) is 12.7 Å². The quantitative estimate of drug-likeness (QED) is 0.736. The van der Waals surface area contributed by atoms with Gasteiger partial charge in [-0.15, -0.1) is 0 Å². The van der Waals surface area contributed by atoms with Crippen LogP contribution in [0.5, 0.6) is 0 Å². The third-order valence-electron chi connectivity index (χ3n) is 2.64. The smallest absolute Gasteiger partial charge is 0.220 e. The van der Waals surface area contributed by atoms with Crippen LogP contribution in [0.4, 0.5) is 0 Å². The van der Waals surface area contributed by atoms with Crippen molar-refractivity contribution in [1.29, 1.82) is 0 Å². The normalized spacial score (nSPS) is 19.8. The fraction of sp³-hybridized carbons (Fsp3) is 0.900. The molecule has 0 aliphatic carbocycles. The Bertz CT molecular complexity index is 327. The van der Waals surface area contributed by atoms with Gasteiger partial charge in [0.05, 0.1) is 5.75 Å². The van der Waals surface area contributed by atoms with Crippen molar-refractivity contribution in [3.8, 4) is 0 Å². The maximum atomic E-state index is 11.4. The van der Waals surface area contributed by atoms with E-state index in [0.29, 0.717) is 32.5 Å². The second-order valence-electron chi connectivity index (χ2n) is 4.02. The van der Waals surface area contributed by atoms with Crippen LogP contribution in [-0.4, -0.2) is 44.0 Å². The van der Waals surface area contributed by atoms with Gasteiger partial charge in [-0.05, 0) is 12.8 Å². The lowest BCUT2D eigenvalue weighted by Crippen LogP contribution is -2.35. The molecule has 94 valence electrons. The summed E-state index contributed by atoms with van der Waals surface area (Å²) in [7, 11) is -3.02. The molecule has 0 radical (unpaired) electrons. The number of nitrogens with zero attached hydrogens (tertiary/aromatic N) is 1. The molecule has 1 aliphatic rings. The first-order chi connectivity index (χ1) is 7.56. The molecule has 0 spiro atoms. The highest BCUT2D eigenvalue weighted by molar-refractivity contribution is 7.89. The molecule has 0 aromatic carbocycles. The Balaban J connectivity index is 2.18. The second kappa shape index (κ2) is 6.20. The molecular weight excluding hydrogens is 228 g/mol. The zero-order chi connectivity index (χ0) is 12.0. The lowest BCUT2D eigenvalue weighted by atomic mass is 10.2. The van der Waals surface area contributed by atoms with E-state index in [4.69, 9.17) is 0 Å². The van der Waals surface area contributed by atoms with Crippen molar-refractivity contribution in [3.05, 3.63) is 0 Å². The monoisotopic (exact) mass is 248 g/mol. The molecule has 0 unspecified atom stereocenters. The molecule has 5 nitrogen and oxygen atoms in total. The Kier molecular flexibility index (Phi) is 5.21. The summed E-state index contributed by atoms with van der Waals surface area (Å²) >= 11 is 0. The molecule has 1 aliphatic heterocycles. The fourth-order valence-electron chi connectivity index (χ4n) is 1.69. The van der Waals surface area contributed by atoms with Crippen molar-refractivity contribution in [2.75, 3.05) is 25.4 Å². The third kappa shape index (κ3) is 4.09. The third-order valence-corrected chi connectivity index (χ3v) is 4.60. The maximum absolute atomic E-state index is 11.4. The highest BCUT2D eigenvalue weighted by atomic mass is 32.2. The van der Waals surface area contributed by atoms with Gasteiger partial charge in [-0.2, -0.15) is 0 Å². The molecule has 1 N–H and O–H groups in total. The molecule has 1 rings (SSSR count). The molecule has 16 heavy (non-hydrogen) atoms. The average Bonchev–Trinajstić information content (AvgIpc) is 2.55. The minimum absolute atomic E-state index is 0.0124. The Morgan fingerprint density at radius 1 is 1.44 bits per heavy atom. The van der Waals surface area contributed by atoms with Crippen LogP contribution in [0, 0.1) is 0 Å². The maximum Gasteiger partial charge on any atom is 0.220 e. The molecular formula is C10H20N2O3S. The number of carbonyl (C=O) groups is 1. The molecule has 0 aromatic rings. The Labute approximate surface area is 97.2 Å². The number of unbranched alkanes of at least 4 members (excludes halogenated alkanes) is 1. The van der Waals surface area contributed by atoms with E-state index < -0.39 is 10.0 Å². The number of sulfonamides is 1. The van der Waals surface area contributed by atoms with Crippen LogP contribution in [0.3, 0.4) is 0 Å². The van der Waals surface area contributed by atoms with Gasteiger partial charge in [-0.3, -0.25) is 4.79 Å². The highest BCUT2D eigenvalue weighted by Crippen LogP contribution is 2.11. The van der Waals surface area contributed by atoms with Gasteiger partial charge in [0.15, 0.2) is 0 Å². The Morgan fingerprint density at radius 3 is 2.75 bits per heavy atom. The summed E-state index contributed by atoms with van der Waals surface area (Å²) in [6.45, 7) is 3.44. The summed E-state index contributed by atoms with van der Waals surface area (Å²) in [6.07, 6.45) is 3.11. The van der Waals surface area contributed by atoms with E-state index in [9.17, 15) is 13.2 Å². The van der Waals surface area contributed by atoms with Crippen molar-refractivity contribution < 1.29 is 13.2 Å². The summed E-state index contributed by atoms with van der Waals surface area (Å²) in [5.74, 6) is 0.259. The number of rotatable bonds is 6. The zero-order valence-electron chi connectivity index (χ0n) is 9.74. The van der Waals surface area contributed by atoms with E-state index in [2.05, 4.69) is 5.32 Å².